The fourth-order valence-corrected chi connectivity index (χ4v) is 6.69. The van der Waals surface area contributed by atoms with Crippen LogP contribution in [0.4, 0.5) is 0 Å². The maximum Gasteiger partial charge on any atom is 0.309 e. The number of epoxide rings is 2. The van der Waals surface area contributed by atoms with E-state index in [2.05, 4.69) is 13.8 Å². The van der Waals surface area contributed by atoms with E-state index in [-0.39, 0.29) is 30.8 Å². The first kappa shape index (κ1) is 27.8. The maximum absolute atomic E-state index is 12.9. The third-order valence-electron chi connectivity index (χ3n) is 9.24. The monoisotopic (exact) mass is 510 g/mol. The molecule has 36 heavy (non-hydrogen) atoms. The Morgan fingerprint density at radius 2 is 1.31 bits per heavy atom. The average Bonchev–Trinajstić information content (AvgIpc) is 3.74. The van der Waals surface area contributed by atoms with Crippen LogP contribution in [0.3, 0.4) is 0 Å². The molecular formula is C28H46O8. The lowest BCUT2D eigenvalue weighted by Crippen LogP contribution is -2.41. The van der Waals surface area contributed by atoms with Crippen molar-refractivity contribution in [3.8, 4) is 0 Å². The molecule has 206 valence electrons. The van der Waals surface area contributed by atoms with Gasteiger partial charge in [-0.25, -0.2) is 0 Å². The van der Waals surface area contributed by atoms with Crippen molar-refractivity contribution in [1.82, 2.24) is 0 Å². The summed E-state index contributed by atoms with van der Waals surface area (Å²) in [6, 6.07) is 0. The number of hydrogen-bond donors (Lipinski definition) is 2. The Kier molecular flexibility index (Phi) is 9.69. The summed E-state index contributed by atoms with van der Waals surface area (Å²) >= 11 is 0. The van der Waals surface area contributed by atoms with Gasteiger partial charge in [0.05, 0.1) is 44.1 Å². The van der Waals surface area contributed by atoms with E-state index in [9.17, 15) is 19.8 Å². The van der Waals surface area contributed by atoms with Crippen LogP contribution < -0.4 is 0 Å². The molecule has 0 aromatic rings. The van der Waals surface area contributed by atoms with Crippen molar-refractivity contribution in [3.05, 3.63) is 0 Å². The molecule has 2 saturated carbocycles. The Bertz CT molecular complexity index is 691. The van der Waals surface area contributed by atoms with Crippen molar-refractivity contribution in [1.29, 1.82) is 0 Å². The average molecular weight is 511 g/mol. The molecule has 4 fully saturated rings. The van der Waals surface area contributed by atoms with Gasteiger partial charge in [0, 0.05) is 6.42 Å². The van der Waals surface area contributed by atoms with Gasteiger partial charge in [0.15, 0.2) is 0 Å². The molecule has 8 nitrogen and oxygen atoms in total. The molecule has 2 aliphatic carbocycles. The van der Waals surface area contributed by atoms with Gasteiger partial charge in [-0.15, -0.1) is 0 Å². The van der Waals surface area contributed by atoms with E-state index in [0.717, 1.165) is 51.7 Å². The highest BCUT2D eigenvalue weighted by molar-refractivity contribution is 5.75. The second kappa shape index (κ2) is 12.5. The number of aliphatic carboxylic acids is 2. The van der Waals surface area contributed by atoms with Crippen LogP contribution in [-0.2, 0) is 28.5 Å². The van der Waals surface area contributed by atoms with E-state index in [0.29, 0.717) is 62.6 Å². The number of carboxylic acids is 2. The van der Waals surface area contributed by atoms with Gasteiger partial charge in [-0.2, -0.15) is 0 Å². The van der Waals surface area contributed by atoms with Crippen LogP contribution in [0.25, 0.3) is 0 Å². The summed E-state index contributed by atoms with van der Waals surface area (Å²) in [4.78, 5) is 24.2. The molecule has 0 radical (unpaired) electrons. The Morgan fingerprint density at radius 3 is 1.67 bits per heavy atom. The number of carbonyl (C=O) groups is 2. The van der Waals surface area contributed by atoms with Crippen molar-refractivity contribution < 1.29 is 38.7 Å². The minimum atomic E-state index is -0.877. The number of hydrogen-bond acceptors (Lipinski definition) is 6. The third kappa shape index (κ3) is 8.14. The summed E-state index contributed by atoms with van der Waals surface area (Å²) < 4.78 is 22.6. The van der Waals surface area contributed by atoms with Crippen LogP contribution in [0.1, 0.15) is 84.5 Å². The summed E-state index contributed by atoms with van der Waals surface area (Å²) in [7, 11) is 0. The van der Waals surface area contributed by atoms with Gasteiger partial charge in [-0.3, -0.25) is 9.59 Å². The van der Waals surface area contributed by atoms with Crippen LogP contribution in [0.15, 0.2) is 0 Å². The Hall–Kier alpha value is -1.22. The van der Waals surface area contributed by atoms with Crippen LogP contribution >= 0.6 is 0 Å². The third-order valence-corrected chi connectivity index (χ3v) is 9.24. The Labute approximate surface area is 215 Å². The molecule has 0 aromatic carbocycles. The van der Waals surface area contributed by atoms with E-state index in [1.54, 1.807) is 0 Å². The summed E-state index contributed by atoms with van der Waals surface area (Å²) in [6.45, 7) is 7.37. The van der Waals surface area contributed by atoms with Gasteiger partial charge in [0.2, 0.25) is 0 Å². The van der Waals surface area contributed by atoms with E-state index in [4.69, 9.17) is 18.9 Å². The van der Waals surface area contributed by atoms with Crippen molar-refractivity contribution in [3.63, 3.8) is 0 Å². The standard InChI is InChI=1S/C28H46O8/c1-18-10-22(33-14-24-16-35-24)7-5-20(18)12-28(27(31)32,9-3-4-26(29)30)13-21-6-8-23(11-19(21)2)34-15-25-17-36-25/h18-25H,3-17H2,1-2H3,(H,29,30)(H,31,32). The molecule has 0 spiro atoms. The predicted molar refractivity (Wildman–Crippen MR) is 133 cm³/mol. The molecule has 8 heteroatoms. The number of carboxylic acid groups (broad SMARTS) is 2. The van der Waals surface area contributed by atoms with Gasteiger partial charge >= 0.3 is 11.9 Å². The van der Waals surface area contributed by atoms with Crippen LogP contribution in [-0.4, -0.2) is 73.0 Å². The molecule has 4 aliphatic rings. The smallest absolute Gasteiger partial charge is 0.309 e. The molecule has 2 saturated heterocycles. The Morgan fingerprint density at radius 1 is 0.833 bits per heavy atom. The molecule has 2 heterocycles. The molecule has 8 atom stereocenters. The first-order valence-corrected chi connectivity index (χ1v) is 14.2. The lowest BCUT2D eigenvalue weighted by molar-refractivity contribution is -0.154. The molecule has 2 N–H and O–H groups in total. The highest BCUT2D eigenvalue weighted by atomic mass is 16.6. The van der Waals surface area contributed by atoms with Crippen molar-refractivity contribution >= 4 is 11.9 Å². The second-order valence-corrected chi connectivity index (χ2v) is 12.2. The van der Waals surface area contributed by atoms with Crippen molar-refractivity contribution in [2.75, 3.05) is 26.4 Å². The lowest BCUT2D eigenvalue weighted by Gasteiger charge is -2.43. The van der Waals surface area contributed by atoms with Crippen LogP contribution in [0.2, 0.25) is 0 Å². The van der Waals surface area contributed by atoms with Crippen molar-refractivity contribution in [2.45, 2.75) is 109 Å². The zero-order valence-corrected chi connectivity index (χ0v) is 22.1. The zero-order valence-electron chi connectivity index (χ0n) is 22.1. The van der Waals surface area contributed by atoms with Gasteiger partial charge in [-0.1, -0.05) is 13.8 Å². The normalized spacial score (nSPS) is 37.7. The Balaban J connectivity index is 1.37. The molecule has 4 rings (SSSR count). The largest absolute Gasteiger partial charge is 0.481 e. The van der Waals surface area contributed by atoms with Crippen LogP contribution in [0.5, 0.6) is 0 Å². The second-order valence-electron chi connectivity index (χ2n) is 12.2. The molecule has 0 bridgehead atoms. The van der Waals surface area contributed by atoms with Gasteiger partial charge < -0.3 is 29.2 Å². The fraction of sp³-hybridized carbons (Fsp3) is 0.929. The van der Waals surface area contributed by atoms with E-state index >= 15 is 0 Å². The molecular weight excluding hydrogens is 464 g/mol. The van der Waals surface area contributed by atoms with Crippen LogP contribution in [0, 0.1) is 29.1 Å². The highest BCUT2D eigenvalue weighted by Crippen LogP contribution is 2.48. The minimum Gasteiger partial charge on any atom is -0.481 e. The highest BCUT2D eigenvalue weighted by Gasteiger charge is 2.46. The van der Waals surface area contributed by atoms with Crippen molar-refractivity contribution in [2.24, 2.45) is 29.1 Å². The quantitative estimate of drug-likeness (QED) is 0.309. The minimum absolute atomic E-state index is 0.0216. The van der Waals surface area contributed by atoms with E-state index in [1.165, 1.54) is 0 Å². The lowest BCUT2D eigenvalue weighted by atomic mass is 9.62. The summed E-state index contributed by atoms with van der Waals surface area (Å²) in [6.07, 6.45) is 8.82. The molecule has 2 aliphatic heterocycles. The summed E-state index contributed by atoms with van der Waals surface area (Å²) in [5.74, 6) is -0.207. The zero-order chi connectivity index (χ0) is 25.7. The molecule has 0 amide bonds. The van der Waals surface area contributed by atoms with Gasteiger partial charge in [0.1, 0.15) is 12.2 Å². The first-order chi connectivity index (χ1) is 17.2. The summed E-state index contributed by atoms with van der Waals surface area (Å²) in [5, 5.41) is 19.8. The number of rotatable bonds is 15. The molecule has 0 aromatic heterocycles. The molecule has 8 unspecified atom stereocenters. The summed E-state index contributed by atoms with van der Waals surface area (Å²) in [5.41, 5.74) is -0.877. The van der Waals surface area contributed by atoms with Gasteiger partial charge in [0.25, 0.3) is 0 Å². The first-order valence-electron chi connectivity index (χ1n) is 14.2. The van der Waals surface area contributed by atoms with E-state index in [1.807, 2.05) is 0 Å². The topological polar surface area (TPSA) is 118 Å². The predicted octanol–water partition coefficient (Wildman–Crippen LogP) is 4.53. The number of ether oxygens (including phenoxy) is 4. The SMILES string of the molecule is CC1CC(OCC2CO2)CCC1CC(CCCC(=O)O)(CC1CCC(OCC2CO2)CC1C)C(=O)O. The van der Waals surface area contributed by atoms with Gasteiger partial charge in [-0.05, 0) is 87.9 Å². The fourth-order valence-electron chi connectivity index (χ4n) is 6.69. The van der Waals surface area contributed by atoms with E-state index < -0.39 is 17.4 Å². The maximum atomic E-state index is 12.9.